The summed E-state index contributed by atoms with van der Waals surface area (Å²) in [6.07, 6.45) is -2.98. The summed E-state index contributed by atoms with van der Waals surface area (Å²) in [5.74, 6) is -0.103. The molecule has 1 saturated carbocycles. The summed E-state index contributed by atoms with van der Waals surface area (Å²) < 4.78 is 51.1. The molecule has 1 heterocycles. The summed E-state index contributed by atoms with van der Waals surface area (Å²) in [7, 11) is 0. The Hall–Kier alpha value is -3.34. The number of carbonyl (C=O) groups is 1. The van der Waals surface area contributed by atoms with Crippen LogP contribution < -0.4 is 9.64 Å². The van der Waals surface area contributed by atoms with E-state index in [0.29, 0.717) is 44.8 Å². The van der Waals surface area contributed by atoms with Crippen molar-refractivity contribution < 1.29 is 32.4 Å². The smallest absolute Gasteiger partial charge is 0.423 e. The quantitative estimate of drug-likeness (QED) is 0.400. The lowest BCUT2D eigenvalue weighted by Crippen LogP contribution is -2.50. The van der Waals surface area contributed by atoms with Crippen LogP contribution in [0.15, 0.2) is 48.5 Å². The van der Waals surface area contributed by atoms with E-state index in [2.05, 4.69) is 17.0 Å². The molecule has 0 N–H and O–H groups in total. The molecule has 1 amide bonds. The van der Waals surface area contributed by atoms with E-state index in [9.17, 15) is 28.1 Å². The van der Waals surface area contributed by atoms with E-state index in [1.807, 2.05) is 18.2 Å². The monoisotopic (exact) mass is 507 g/mol. The lowest BCUT2D eigenvalue weighted by atomic mass is 9.95. The van der Waals surface area contributed by atoms with E-state index in [1.165, 1.54) is 6.07 Å². The van der Waals surface area contributed by atoms with E-state index in [0.717, 1.165) is 24.8 Å². The van der Waals surface area contributed by atoms with Crippen molar-refractivity contribution in [1.29, 1.82) is 0 Å². The molecule has 8 nitrogen and oxygen atoms in total. The van der Waals surface area contributed by atoms with Crippen molar-refractivity contribution in [3.05, 3.63) is 64.2 Å². The van der Waals surface area contributed by atoms with Crippen LogP contribution >= 0.6 is 0 Å². The summed E-state index contributed by atoms with van der Waals surface area (Å²) >= 11 is 0. The molecule has 2 aromatic carbocycles. The zero-order chi connectivity index (χ0) is 25.7. The van der Waals surface area contributed by atoms with Crippen LogP contribution in [-0.2, 0) is 15.7 Å². The Labute approximate surface area is 206 Å². The van der Waals surface area contributed by atoms with Crippen molar-refractivity contribution in [2.75, 3.05) is 37.7 Å². The predicted molar refractivity (Wildman–Crippen MR) is 126 cm³/mol. The molecule has 0 aromatic heterocycles. The van der Waals surface area contributed by atoms with Gasteiger partial charge in [0.15, 0.2) is 0 Å². The minimum Gasteiger partial charge on any atom is -0.490 e. The number of alkyl halides is 3. The molecule has 0 atom stereocenters. The van der Waals surface area contributed by atoms with Crippen LogP contribution in [0.5, 0.6) is 5.75 Å². The molecular formula is C25H28F3N3O5. The highest BCUT2D eigenvalue weighted by atomic mass is 19.4. The molecule has 0 spiro atoms. The van der Waals surface area contributed by atoms with Gasteiger partial charge in [-0.3, -0.25) is 14.9 Å². The van der Waals surface area contributed by atoms with Crippen molar-refractivity contribution >= 4 is 17.3 Å². The van der Waals surface area contributed by atoms with E-state index < -0.39 is 22.4 Å². The van der Waals surface area contributed by atoms with Crippen LogP contribution in [0.2, 0.25) is 0 Å². The van der Waals surface area contributed by atoms with Gasteiger partial charge in [-0.25, -0.2) is 0 Å². The molecule has 0 radical (unpaired) electrons. The fourth-order valence-corrected chi connectivity index (χ4v) is 4.62. The Morgan fingerprint density at radius 2 is 1.61 bits per heavy atom. The first-order valence-corrected chi connectivity index (χ1v) is 11.9. The highest BCUT2D eigenvalue weighted by molar-refractivity contribution is 5.77. The second-order valence-electron chi connectivity index (χ2n) is 8.96. The predicted octanol–water partition coefficient (Wildman–Crippen LogP) is 4.67. The number of halogens is 3. The largest absolute Gasteiger partial charge is 0.490 e. The molecule has 0 unspecified atom stereocenters. The third-order valence-corrected chi connectivity index (χ3v) is 6.59. The van der Waals surface area contributed by atoms with Gasteiger partial charge in [0.1, 0.15) is 17.9 Å². The number of hydrogen-bond acceptors (Lipinski definition) is 6. The number of piperazine rings is 1. The number of para-hydroxylation sites is 1. The van der Waals surface area contributed by atoms with Crippen molar-refractivity contribution in [2.24, 2.45) is 0 Å². The first-order chi connectivity index (χ1) is 17.2. The van der Waals surface area contributed by atoms with Gasteiger partial charge in [0, 0.05) is 37.9 Å². The van der Waals surface area contributed by atoms with Crippen molar-refractivity contribution in [1.82, 2.24) is 4.90 Å². The highest BCUT2D eigenvalue weighted by Crippen LogP contribution is 2.38. The topological polar surface area (TPSA) is 85.1 Å². The number of carbonyl (C=O) groups excluding carboxylic acids is 1. The number of nitrogens with zero attached hydrogens (tertiary/aromatic N) is 3. The Balaban J connectivity index is 1.20. The van der Waals surface area contributed by atoms with Gasteiger partial charge < -0.3 is 19.3 Å². The number of hydrogen-bond donors (Lipinski definition) is 0. The fraction of sp³-hybridized carbons (Fsp3) is 0.480. The molecule has 2 aromatic rings. The van der Waals surface area contributed by atoms with Gasteiger partial charge in [0.25, 0.3) is 5.69 Å². The molecule has 2 aliphatic rings. The van der Waals surface area contributed by atoms with Crippen LogP contribution in [-0.4, -0.2) is 60.7 Å². The lowest BCUT2D eigenvalue weighted by molar-refractivity contribution is -0.388. The first kappa shape index (κ1) is 25.7. The number of rotatable bonds is 7. The van der Waals surface area contributed by atoms with Gasteiger partial charge in [-0.1, -0.05) is 18.2 Å². The first-order valence-electron chi connectivity index (χ1n) is 11.9. The van der Waals surface area contributed by atoms with Crippen LogP contribution in [0, 0.1) is 10.1 Å². The summed E-state index contributed by atoms with van der Waals surface area (Å²) in [6, 6.07) is 12.7. The summed E-state index contributed by atoms with van der Waals surface area (Å²) in [5, 5.41) is 10.9. The van der Waals surface area contributed by atoms with E-state index in [-0.39, 0.29) is 30.5 Å². The zero-order valence-electron chi connectivity index (χ0n) is 19.7. The van der Waals surface area contributed by atoms with Crippen LogP contribution in [0.1, 0.15) is 31.2 Å². The second kappa shape index (κ2) is 11.2. The molecule has 1 aliphatic heterocycles. The highest BCUT2D eigenvalue weighted by Gasteiger charge is 2.39. The number of ether oxygens (including phenoxy) is 2. The summed E-state index contributed by atoms with van der Waals surface area (Å²) in [4.78, 5) is 26.5. The standard InChI is InChI=1S/C25H28F3N3O5/c26-25(27,28)22-16-21(10-11-23(22)31(33)34)36-20-8-6-19(7-9-20)35-17-24(32)30-14-12-29(13-15-30)18-4-2-1-3-5-18/h1-5,10-11,16,19-20H,6-9,12-15,17H2/t19-,20-. The van der Waals surface area contributed by atoms with Gasteiger partial charge in [-0.15, -0.1) is 0 Å². The van der Waals surface area contributed by atoms with Crippen molar-refractivity contribution in [2.45, 2.75) is 44.1 Å². The Morgan fingerprint density at radius 1 is 0.972 bits per heavy atom. The number of anilines is 1. The van der Waals surface area contributed by atoms with Crippen LogP contribution in [0.25, 0.3) is 0 Å². The minimum absolute atomic E-state index is 0.00117. The van der Waals surface area contributed by atoms with Gasteiger partial charge in [0.2, 0.25) is 5.91 Å². The van der Waals surface area contributed by atoms with Gasteiger partial charge >= 0.3 is 6.18 Å². The van der Waals surface area contributed by atoms with Gasteiger partial charge in [-0.2, -0.15) is 13.2 Å². The third kappa shape index (κ3) is 6.45. The van der Waals surface area contributed by atoms with Crippen LogP contribution in [0.3, 0.4) is 0 Å². The average molecular weight is 508 g/mol. The normalized spacial score (nSPS) is 20.8. The Morgan fingerprint density at radius 3 is 2.22 bits per heavy atom. The number of nitro groups is 1. The minimum atomic E-state index is -4.85. The summed E-state index contributed by atoms with van der Waals surface area (Å²) in [5.41, 5.74) is -1.19. The Kier molecular flexibility index (Phi) is 7.97. The van der Waals surface area contributed by atoms with E-state index >= 15 is 0 Å². The van der Waals surface area contributed by atoms with Crippen molar-refractivity contribution in [3.63, 3.8) is 0 Å². The maximum Gasteiger partial charge on any atom is 0.423 e. The Bertz CT molecular complexity index is 1050. The van der Waals surface area contributed by atoms with E-state index in [4.69, 9.17) is 9.47 Å². The fourth-order valence-electron chi connectivity index (χ4n) is 4.62. The average Bonchev–Trinajstić information content (AvgIpc) is 2.88. The zero-order valence-corrected chi connectivity index (χ0v) is 19.7. The number of benzene rings is 2. The molecule has 0 bridgehead atoms. The molecule has 4 rings (SSSR count). The molecule has 11 heteroatoms. The molecule has 1 aliphatic carbocycles. The number of nitro benzene ring substituents is 1. The maximum atomic E-state index is 13.2. The molecule has 2 fully saturated rings. The maximum absolute atomic E-state index is 13.2. The summed E-state index contributed by atoms with van der Waals surface area (Å²) in [6.45, 7) is 2.78. The van der Waals surface area contributed by atoms with Crippen molar-refractivity contribution in [3.8, 4) is 5.75 Å². The van der Waals surface area contributed by atoms with Gasteiger partial charge in [-0.05, 0) is 49.9 Å². The second-order valence-corrected chi connectivity index (χ2v) is 8.96. The van der Waals surface area contributed by atoms with Gasteiger partial charge in [0.05, 0.1) is 17.1 Å². The lowest BCUT2D eigenvalue weighted by Gasteiger charge is -2.36. The van der Waals surface area contributed by atoms with E-state index in [1.54, 1.807) is 4.90 Å². The third-order valence-electron chi connectivity index (χ3n) is 6.59. The number of amides is 1. The molecule has 194 valence electrons. The molecule has 1 saturated heterocycles. The molecule has 36 heavy (non-hydrogen) atoms. The SMILES string of the molecule is O=C(CO[C@H]1CC[C@H](Oc2ccc([N+](=O)[O-])c(C(F)(F)F)c2)CC1)N1CCN(c2ccccc2)CC1. The molecular weight excluding hydrogens is 479 g/mol. The van der Waals surface area contributed by atoms with Crippen LogP contribution in [0.4, 0.5) is 24.5 Å².